The molecule has 1 fully saturated rings. The fourth-order valence-corrected chi connectivity index (χ4v) is 4.56. The molecule has 2 heterocycles. The maximum absolute atomic E-state index is 14.6. The summed E-state index contributed by atoms with van der Waals surface area (Å²) in [6.07, 6.45) is 1.95. The van der Waals surface area contributed by atoms with Gasteiger partial charge in [-0.2, -0.15) is 0 Å². The molecule has 0 saturated carbocycles. The van der Waals surface area contributed by atoms with E-state index in [1.807, 2.05) is 0 Å². The molecule has 0 aromatic heterocycles. The van der Waals surface area contributed by atoms with Crippen molar-refractivity contribution < 1.29 is 28.4 Å². The number of aliphatic hydroxyl groups is 1. The van der Waals surface area contributed by atoms with Crippen molar-refractivity contribution in [3.8, 4) is 0 Å². The number of rotatable bonds is 5. The second-order valence-electron chi connectivity index (χ2n) is 7.86. The first-order valence-corrected chi connectivity index (χ1v) is 10.4. The van der Waals surface area contributed by atoms with Gasteiger partial charge in [0.1, 0.15) is 23.4 Å². The lowest BCUT2D eigenvalue weighted by Gasteiger charge is -2.42. The fourth-order valence-electron chi connectivity index (χ4n) is 4.56. The molecule has 31 heavy (non-hydrogen) atoms. The second-order valence-corrected chi connectivity index (χ2v) is 7.86. The van der Waals surface area contributed by atoms with Crippen LogP contribution in [0.25, 0.3) is 0 Å². The SMILES string of the molecule is CC[NH+]1CCCC1CNC(=O)C1(O)c2ccccc2NC(=O)N1c1c(F)cccc1F. The highest BCUT2D eigenvalue weighted by molar-refractivity contribution is 6.12. The minimum absolute atomic E-state index is 0.0286. The van der Waals surface area contributed by atoms with E-state index in [1.165, 1.54) is 17.0 Å². The molecule has 0 aliphatic carbocycles. The third-order valence-electron chi connectivity index (χ3n) is 6.14. The molecule has 2 aliphatic heterocycles. The summed E-state index contributed by atoms with van der Waals surface area (Å²) in [6, 6.07) is 8.38. The highest BCUT2D eigenvalue weighted by atomic mass is 19.1. The van der Waals surface area contributed by atoms with Crippen LogP contribution < -0.4 is 20.4 Å². The summed E-state index contributed by atoms with van der Waals surface area (Å²) in [5.74, 6) is -3.06. The number of nitrogens with one attached hydrogen (secondary N) is 3. The zero-order valence-corrected chi connectivity index (χ0v) is 17.1. The Balaban J connectivity index is 1.76. The van der Waals surface area contributed by atoms with E-state index in [0.29, 0.717) is 4.90 Å². The number of hydrogen-bond acceptors (Lipinski definition) is 3. The van der Waals surface area contributed by atoms with Crippen molar-refractivity contribution in [2.75, 3.05) is 29.9 Å². The van der Waals surface area contributed by atoms with Crippen LogP contribution >= 0.6 is 0 Å². The number of hydrogen-bond donors (Lipinski definition) is 4. The van der Waals surface area contributed by atoms with Crippen LogP contribution in [0, 0.1) is 11.6 Å². The Hall–Kier alpha value is -3.04. The third kappa shape index (κ3) is 3.53. The average molecular weight is 431 g/mol. The summed E-state index contributed by atoms with van der Waals surface area (Å²) >= 11 is 0. The van der Waals surface area contributed by atoms with Crippen molar-refractivity contribution in [3.05, 3.63) is 59.7 Å². The van der Waals surface area contributed by atoms with Crippen LogP contribution in [0.4, 0.5) is 25.0 Å². The number of benzene rings is 2. The summed E-state index contributed by atoms with van der Waals surface area (Å²) in [5, 5.41) is 16.9. The Morgan fingerprint density at radius 3 is 2.68 bits per heavy atom. The summed E-state index contributed by atoms with van der Waals surface area (Å²) in [6.45, 7) is 4.25. The Morgan fingerprint density at radius 1 is 1.26 bits per heavy atom. The van der Waals surface area contributed by atoms with Gasteiger partial charge in [0, 0.05) is 18.4 Å². The van der Waals surface area contributed by atoms with E-state index in [1.54, 1.807) is 12.1 Å². The van der Waals surface area contributed by atoms with Gasteiger partial charge in [0.2, 0.25) is 0 Å². The molecule has 0 bridgehead atoms. The molecule has 4 rings (SSSR count). The molecule has 3 atom stereocenters. The zero-order chi connectivity index (χ0) is 22.2. The Morgan fingerprint density at radius 2 is 1.97 bits per heavy atom. The summed E-state index contributed by atoms with van der Waals surface area (Å²) < 4.78 is 29.2. The average Bonchev–Trinajstić information content (AvgIpc) is 3.21. The highest BCUT2D eigenvalue weighted by Crippen LogP contribution is 2.41. The van der Waals surface area contributed by atoms with Crippen LogP contribution in [-0.2, 0) is 10.5 Å². The van der Waals surface area contributed by atoms with Gasteiger partial charge in [-0.15, -0.1) is 0 Å². The number of nitrogens with zero attached hydrogens (tertiary/aromatic N) is 1. The van der Waals surface area contributed by atoms with Crippen LogP contribution in [0.1, 0.15) is 25.3 Å². The van der Waals surface area contributed by atoms with Crippen molar-refractivity contribution in [2.24, 2.45) is 0 Å². The van der Waals surface area contributed by atoms with Crippen LogP contribution in [0.2, 0.25) is 0 Å². The predicted octanol–water partition coefficient (Wildman–Crippen LogP) is 1.35. The Kier molecular flexibility index (Phi) is 5.63. The van der Waals surface area contributed by atoms with Crippen molar-refractivity contribution in [1.82, 2.24) is 5.32 Å². The molecule has 0 spiro atoms. The van der Waals surface area contributed by atoms with E-state index in [0.717, 1.165) is 44.1 Å². The van der Waals surface area contributed by atoms with Gasteiger partial charge in [0.25, 0.3) is 11.6 Å². The van der Waals surface area contributed by atoms with Crippen LogP contribution in [0.3, 0.4) is 0 Å². The monoisotopic (exact) mass is 431 g/mol. The maximum Gasteiger partial charge on any atom is 0.329 e. The van der Waals surface area contributed by atoms with Crippen molar-refractivity contribution >= 4 is 23.3 Å². The van der Waals surface area contributed by atoms with Gasteiger partial charge >= 0.3 is 6.03 Å². The first-order valence-electron chi connectivity index (χ1n) is 10.4. The number of amides is 3. The molecule has 2 aromatic carbocycles. The molecule has 3 unspecified atom stereocenters. The normalized spacial score (nSPS) is 25.2. The second kappa shape index (κ2) is 8.24. The molecule has 3 amide bonds. The smallest absolute Gasteiger partial charge is 0.329 e. The van der Waals surface area contributed by atoms with E-state index < -0.39 is 35.0 Å². The molecule has 1 saturated heterocycles. The molecule has 7 nitrogen and oxygen atoms in total. The maximum atomic E-state index is 14.6. The van der Waals surface area contributed by atoms with Crippen LogP contribution in [-0.4, -0.2) is 42.7 Å². The van der Waals surface area contributed by atoms with Gasteiger partial charge in [-0.25, -0.2) is 18.5 Å². The number of quaternary nitrogens is 1. The number of para-hydroxylation sites is 2. The number of anilines is 2. The van der Waals surface area contributed by atoms with E-state index in [9.17, 15) is 23.5 Å². The quantitative estimate of drug-likeness (QED) is 0.577. The number of likely N-dealkylation sites (N-methyl/N-ethyl adjacent to an activating group) is 1. The molecule has 0 radical (unpaired) electrons. The van der Waals surface area contributed by atoms with E-state index in [2.05, 4.69) is 17.6 Å². The van der Waals surface area contributed by atoms with Crippen LogP contribution in [0.5, 0.6) is 0 Å². The van der Waals surface area contributed by atoms with E-state index >= 15 is 0 Å². The fraction of sp³-hybridized carbons (Fsp3) is 0.364. The Bertz CT molecular complexity index is 998. The number of fused-ring (bicyclic) bond motifs is 1. The van der Waals surface area contributed by atoms with E-state index in [4.69, 9.17) is 0 Å². The summed E-state index contributed by atoms with van der Waals surface area (Å²) in [7, 11) is 0. The first kappa shape index (κ1) is 21.2. The molecular weight excluding hydrogens is 406 g/mol. The molecule has 9 heteroatoms. The minimum atomic E-state index is -2.63. The molecule has 2 aromatic rings. The van der Waals surface area contributed by atoms with Crippen molar-refractivity contribution in [2.45, 2.75) is 31.5 Å². The Labute approximate surface area is 178 Å². The lowest BCUT2D eigenvalue weighted by atomic mass is 9.94. The molecule has 2 aliphatic rings. The summed E-state index contributed by atoms with van der Waals surface area (Å²) in [4.78, 5) is 28.0. The summed E-state index contributed by atoms with van der Waals surface area (Å²) in [5.41, 5.74) is -3.21. The number of urea groups is 1. The van der Waals surface area contributed by atoms with Gasteiger partial charge < -0.3 is 20.6 Å². The standard InChI is InChI=1S/C22H24F2N4O3/c1-2-27-12-6-7-14(27)13-25-20(29)22(31)15-8-3-4-11-18(15)26-21(30)28(22)19-16(23)9-5-10-17(19)24/h3-5,8-11,14,31H,2,6-7,12-13H2,1H3,(H,25,29)(H,26,30)/p+1. The minimum Gasteiger partial charge on any atom is -0.359 e. The number of halogens is 2. The third-order valence-corrected chi connectivity index (χ3v) is 6.14. The highest BCUT2D eigenvalue weighted by Gasteiger charge is 2.53. The molecular formula is C22H25F2N4O3+. The predicted molar refractivity (Wildman–Crippen MR) is 111 cm³/mol. The zero-order valence-electron chi connectivity index (χ0n) is 17.1. The number of carbonyl (C=O) groups is 2. The molecule has 4 N–H and O–H groups in total. The van der Waals surface area contributed by atoms with Gasteiger partial charge in [-0.05, 0) is 25.1 Å². The lowest BCUT2D eigenvalue weighted by molar-refractivity contribution is -0.909. The largest absolute Gasteiger partial charge is 0.359 e. The van der Waals surface area contributed by atoms with Crippen LogP contribution in [0.15, 0.2) is 42.5 Å². The lowest BCUT2D eigenvalue weighted by Crippen LogP contribution is -3.14. The van der Waals surface area contributed by atoms with Gasteiger partial charge in [-0.3, -0.25) is 4.79 Å². The van der Waals surface area contributed by atoms with Crippen molar-refractivity contribution in [1.29, 1.82) is 0 Å². The van der Waals surface area contributed by atoms with Gasteiger partial charge in [0.15, 0.2) is 0 Å². The van der Waals surface area contributed by atoms with Gasteiger partial charge in [0.05, 0.1) is 25.3 Å². The van der Waals surface area contributed by atoms with Crippen molar-refractivity contribution in [3.63, 3.8) is 0 Å². The number of carbonyl (C=O) groups excluding carboxylic acids is 2. The number of likely N-dealkylation sites (tertiary alicyclic amines) is 1. The molecule has 164 valence electrons. The topological polar surface area (TPSA) is 86.1 Å². The first-order chi connectivity index (χ1) is 14.9. The van der Waals surface area contributed by atoms with E-state index in [-0.39, 0.29) is 23.8 Å². The van der Waals surface area contributed by atoms with Gasteiger partial charge in [-0.1, -0.05) is 24.3 Å².